The number of hydrogen-bond donors (Lipinski definition) is 1. The number of hydrogen-bond acceptors (Lipinski definition) is 3. The van der Waals surface area contributed by atoms with E-state index < -0.39 is 0 Å². The maximum atomic E-state index is 3.74. The van der Waals surface area contributed by atoms with E-state index in [0.29, 0.717) is 0 Å². The van der Waals surface area contributed by atoms with Crippen LogP contribution in [0.25, 0.3) is 0 Å². The number of nitrogens with zero attached hydrogens (tertiary/aromatic N) is 1. The van der Waals surface area contributed by atoms with E-state index >= 15 is 0 Å². The van der Waals surface area contributed by atoms with Crippen molar-refractivity contribution in [3.8, 4) is 0 Å². The molecule has 20 heavy (non-hydrogen) atoms. The van der Waals surface area contributed by atoms with Crippen LogP contribution in [0.2, 0.25) is 0 Å². The molecule has 0 aliphatic carbocycles. The Labute approximate surface area is 135 Å². The van der Waals surface area contributed by atoms with Gasteiger partial charge in [0.15, 0.2) is 0 Å². The molecular weight excluding hydrogens is 332 g/mol. The minimum Gasteiger partial charge on any atom is -0.313 e. The van der Waals surface area contributed by atoms with E-state index in [0.717, 1.165) is 19.6 Å². The van der Waals surface area contributed by atoms with Gasteiger partial charge in [-0.2, -0.15) is 11.8 Å². The molecule has 1 aliphatic rings. The fourth-order valence-electron chi connectivity index (χ4n) is 2.44. The van der Waals surface area contributed by atoms with Gasteiger partial charge in [-0.25, -0.2) is 0 Å². The van der Waals surface area contributed by atoms with Crippen LogP contribution in [0.5, 0.6) is 0 Å². The molecular formula is C16H25BrN2S. The second-order valence-electron chi connectivity index (χ2n) is 5.34. The van der Waals surface area contributed by atoms with Crippen LogP contribution >= 0.6 is 27.7 Å². The number of thioether (sulfide) groups is 1. The summed E-state index contributed by atoms with van der Waals surface area (Å²) in [5.41, 5.74) is 2.77. The van der Waals surface area contributed by atoms with E-state index in [1.807, 2.05) is 0 Å². The third-order valence-electron chi connectivity index (χ3n) is 3.58. The normalized spacial score (nSPS) is 17.1. The van der Waals surface area contributed by atoms with Crippen LogP contribution in [-0.4, -0.2) is 36.0 Å². The Kier molecular flexibility index (Phi) is 7.42. The molecule has 0 spiro atoms. The maximum absolute atomic E-state index is 3.74. The van der Waals surface area contributed by atoms with Gasteiger partial charge in [-0.1, -0.05) is 35.0 Å². The first-order chi connectivity index (χ1) is 9.79. The van der Waals surface area contributed by atoms with Crippen LogP contribution in [-0.2, 0) is 13.1 Å². The molecule has 112 valence electrons. The van der Waals surface area contributed by atoms with Crippen LogP contribution in [0.3, 0.4) is 0 Å². The predicted molar refractivity (Wildman–Crippen MR) is 93.4 cm³/mol. The van der Waals surface area contributed by atoms with Gasteiger partial charge >= 0.3 is 0 Å². The summed E-state index contributed by atoms with van der Waals surface area (Å²) < 4.78 is 1.25. The number of nitrogens with one attached hydrogen (secondary N) is 1. The third kappa shape index (κ3) is 5.40. The monoisotopic (exact) mass is 356 g/mol. The summed E-state index contributed by atoms with van der Waals surface area (Å²) in [5.74, 6) is 2.59. The zero-order valence-electron chi connectivity index (χ0n) is 12.3. The molecule has 2 rings (SSSR count). The number of benzene rings is 1. The van der Waals surface area contributed by atoms with Crippen molar-refractivity contribution in [3.05, 3.63) is 33.8 Å². The van der Waals surface area contributed by atoms with E-state index in [1.54, 1.807) is 0 Å². The predicted octanol–water partition coefficient (Wildman–Crippen LogP) is 3.89. The first-order valence-corrected chi connectivity index (χ1v) is 9.52. The van der Waals surface area contributed by atoms with Crippen LogP contribution in [0.1, 0.15) is 30.9 Å². The van der Waals surface area contributed by atoms with Gasteiger partial charge in [-0.3, -0.25) is 4.90 Å². The molecule has 1 N–H and O–H groups in total. The number of halogens is 1. The van der Waals surface area contributed by atoms with Crippen molar-refractivity contribution in [2.75, 3.05) is 31.1 Å². The molecule has 1 aromatic carbocycles. The minimum atomic E-state index is 0.965. The number of rotatable bonds is 6. The average molecular weight is 357 g/mol. The lowest BCUT2D eigenvalue weighted by atomic mass is 10.1. The lowest BCUT2D eigenvalue weighted by Gasteiger charge is -2.20. The van der Waals surface area contributed by atoms with E-state index in [9.17, 15) is 0 Å². The van der Waals surface area contributed by atoms with Gasteiger partial charge in [-0.15, -0.1) is 0 Å². The van der Waals surface area contributed by atoms with Crippen molar-refractivity contribution in [3.63, 3.8) is 0 Å². The van der Waals surface area contributed by atoms with Crippen molar-refractivity contribution in [1.29, 1.82) is 0 Å². The van der Waals surface area contributed by atoms with E-state index in [1.165, 1.54) is 53.0 Å². The van der Waals surface area contributed by atoms with Crippen LogP contribution in [0, 0.1) is 0 Å². The Morgan fingerprint density at radius 3 is 3.00 bits per heavy atom. The molecule has 1 aliphatic heterocycles. The molecule has 0 unspecified atom stereocenters. The molecule has 0 bridgehead atoms. The molecule has 0 aromatic heterocycles. The quantitative estimate of drug-likeness (QED) is 0.778. The van der Waals surface area contributed by atoms with Gasteiger partial charge in [0.05, 0.1) is 0 Å². The summed E-state index contributed by atoms with van der Waals surface area (Å²) in [6.07, 6.45) is 2.51. The highest BCUT2D eigenvalue weighted by Gasteiger charge is 2.11. The zero-order valence-corrected chi connectivity index (χ0v) is 14.7. The van der Waals surface area contributed by atoms with Crippen molar-refractivity contribution < 1.29 is 0 Å². The lowest BCUT2D eigenvalue weighted by molar-refractivity contribution is 0.287. The minimum absolute atomic E-state index is 0.965. The molecule has 4 heteroatoms. The fraction of sp³-hybridized carbons (Fsp3) is 0.625. The Morgan fingerprint density at radius 2 is 2.20 bits per heavy atom. The molecule has 1 saturated heterocycles. The van der Waals surface area contributed by atoms with Gasteiger partial charge in [0.2, 0.25) is 0 Å². The van der Waals surface area contributed by atoms with E-state index in [2.05, 4.69) is 63.0 Å². The molecule has 1 fully saturated rings. The SMILES string of the molecule is CCCNCc1ccc(CN2CCCSCC2)c(Br)c1. The average Bonchev–Trinajstić information content (AvgIpc) is 2.71. The Bertz CT molecular complexity index is 403. The summed E-state index contributed by atoms with van der Waals surface area (Å²) >= 11 is 5.83. The first-order valence-electron chi connectivity index (χ1n) is 7.57. The van der Waals surface area contributed by atoms with Gasteiger partial charge in [0.1, 0.15) is 0 Å². The largest absolute Gasteiger partial charge is 0.313 e. The molecule has 0 atom stereocenters. The second kappa shape index (κ2) is 9.08. The third-order valence-corrected chi connectivity index (χ3v) is 5.37. The van der Waals surface area contributed by atoms with Crippen LogP contribution in [0.4, 0.5) is 0 Å². The maximum Gasteiger partial charge on any atom is 0.0245 e. The Hall–Kier alpha value is -0.0300. The summed E-state index contributed by atoms with van der Waals surface area (Å²) in [6.45, 7) is 7.78. The van der Waals surface area contributed by atoms with Crippen molar-refractivity contribution in [1.82, 2.24) is 10.2 Å². The lowest BCUT2D eigenvalue weighted by Crippen LogP contribution is -2.25. The molecule has 0 amide bonds. The highest BCUT2D eigenvalue weighted by Crippen LogP contribution is 2.21. The molecule has 1 aromatic rings. The smallest absolute Gasteiger partial charge is 0.0245 e. The standard InChI is InChI=1S/C16H25BrN2S/c1-2-6-18-12-14-4-5-15(16(17)11-14)13-19-7-3-9-20-10-8-19/h4-5,11,18H,2-3,6-10,12-13H2,1H3. The summed E-state index contributed by atoms with van der Waals surface area (Å²) in [6, 6.07) is 6.81. The summed E-state index contributed by atoms with van der Waals surface area (Å²) in [7, 11) is 0. The summed E-state index contributed by atoms with van der Waals surface area (Å²) in [4.78, 5) is 2.58. The topological polar surface area (TPSA) is 15.3 Å². The molecule has 1 heterocycles. The Morgan fingerprint density at radius 1 is 1.30 bits per heavy atom. The van der Waals surface area contributed by atoms with Gasteiger partial charge < -0.3 is 5.32 Å². The highest BCUT2D eigenvalue weighted by molar-refractivity contribution is 9.10. The van der Waals surface area contributed by atoms with Gasteiger partial charge in [0, 0.05) is 29.9 Å². The molecule has 0 radical (unpaired) electrons. The van der Waals surface area contributed by atoms with Gasteiger partial charge in [-0.05, 0) is 48.9 Å². The van der Waals surface area contributed by atoms with E-state index in [-0.39, 0.29) is 0 Å². The Balaban J connectivity index is 1.91. The zero-order chi connectivity index (χ0) is 14.2. The van der Waals surface area contributed by atoms with Crippen molar-refractivity contribution in [2.24, 2.45) is 0 Å². The van der Waals surface area contributed by atoms with E-state index in [4.69, 9.17) is 0 Å². The molecule has 2 nitrogen and oxygen atoms in total. The fourth-order valence-corrected chi connectivity index (χ4v) is 3.91. The van der Waals surface area contributed by atoms with Crippen LogP contribution in [0.15, 0.2) is 22.7 Å². The molecule has 0 saturated carbocycles. The van der Waals surface area contributed by atoms with Crippen molar-refractivity contribution >= 4 is 27.7 Å². The van der Waals surface area contributed by atoms with Crippen LogP contribution < -0.4 is 5.32 Å². The summed E-state index contributed by atoms with van der Waals surface area (Å²) in [5, 5.41) is 3.45. The van der Waals surface area contributed by atoms with Gasteiger partial charge in [0.25, 0.3) is 0 Å². The van der Waals surface area contributed by atoms with Crippen molar-refractivity contribution in [2.45, 2.75) is 32.9 Å². The second-order valence-corrected chi connectivity index (χ2v) is 7.42. The highest BCUT2D eigenvalue weighted by atomic mass is 79.9. The first kappa shape index (κ1) is 16.3.